The standard InChI is InChI=1S/C29H32BrN5O4/c1-33-25-24(27(38)34(2)29(33)39)35(28(30)32-25)16-18-12-14-21(15-13-18)23(20-10-6-7-11-20)26(37)31-22(17-36)19-8-4-3-5-9-19/h3-5,8-9,12-15,20,22-23,36H,6-7,10-11,16-17H2,1-2H3,(H,31,37)/t22-,23?/m0/s1. The largest absolute Gasteiger partial charge is 0.394 e. The third-order valence-electron chi connectivity index (χ3n) is 7.84. The van der Waals surface area contributed by atoms with Gasteiger partial charge in [0.25, 0.3) is 5.56 Å². The Morgan fingerprint density at radius 3 is 2.33 bits per heavy atom. The Morgan fingerprint density at radius 2 is 1.69 bits per heavy atom. The van der Waals surface area contributed by atoms with E-state index in [1.54, 1.807) is 11.6 Å². The maximum Gasteiger partial charge on any atom is 0.332 e. The molecule has 2 aromatic heterocycles. The van der Waals surface area contributed by atoms with Gasteiger partial charge in [-0.2, -0.15) is 0 Å². The Balaban J connectivity index is 1.43. The van der Waals surface area contributed by atoms with Crippen molar-refractivity contribution in [1.29, 1.82) is 0 Å². The second kappa shape index (κ2) is 11.3. The molecule has 4 aromatic rings. The summed E-state index contributed by atoms with van der Waals surface area (Å²) in [5.41, 5.74) is 2.56. The summed E-state index contributed by atoms with van der Waals surface area (Å²) in [5.74, 6) is -0.158. The minimum absolute atomic E-state index is 0.0784. The highest BCUT2D eigenvalue weighted by Gasteiger charge is 2.33. The number of aryl methyl sites for hydroxylation is 1. The van der Waals surface area contributed by atoms with E-state index in [2.05, 4.69) is 26.2 Å². The molecule has 1 saturated carbocycles. The maximum atomic E-state index is 13.6. The fourth-order valence-electron chi connectivity index (χ4n) is 5.69. The lowest BCUT2D eigenvalue weighted by Crippen LogP contribution is -2.37. The molecule has 2 aromatic carbocycles. The van der Waals surface area contributed by atoms with Crippen molar-refractivity contribution in [3.05, 3.63) is 96.9 Å². The van der Waals surface area contributed by atoms with Gasteiger partial charge in [-0.1, -0.05) is 67.4 Å². The molecule has 1 unspecified atom stereocenters. The van der Waals surface area contributed by atoms with E-state index in [0.717, 1.165) is 46.9 Å². The molecule has 0 bridgehead atoms. The number of rotatable bonds is 8. The summed E-state index contributed by atoms with van der Waals surface area (Å²) in [4.78, 5) is 43.3. The van der Waals surface area contributed by atoms with Crippen molar-refractivity contribution >= 4 is 33.0 Å². The van der Waals surface area contributed by atoms with Crippen LogP contribution in [0, 0.1) is 5.92 Å². The Kier molecular flexibility index (Phi) is 7.86. The molecule has 0 spiro atoms. The first kappa shape index (κ1) is 27.1. The van der Waals surface area contributed by atoms with Crippen molar-refractivity contribution < 1.29 is 9.90 Å². The monoisotopic (exact) mass is 593 g/mol. The zero-order valence-electron chi connectivity index (χ0n) is 22.0. The Labute approximate surface area is 234 Å². The van der Waals surface area contributed by atoms with Crippen LogP contribution in [-0.2, 0) is 25.4 Å². The van der Waals surface area contributed by atoms with Crippen LogP contribution in [0.25, 0.3) is 11.2 Å². The van der Waals surface area contributed by atoms with Gasteiger partial charge in [-0.3, -0.25) is 18.7 Å². The molecule has 10 heteroatoms. The molecule has 2 N–H and O–H groups in total. The molecule has 1 aliphatic carbocycles. The van der Waals surface area contributed by atoms with E-state index in [-0.39, 0.29) is 24.3 Å². The quantitative estimate of drug-likeness (QED) is 0.304. The molecule has 204 valence electrons. The predicted molar refractivity (Wildman–Crippen MR) is 153 cm³/mol. The van der Waals surface area contributed by atoms with Crippen LogP contribution < -0.4 is 16.6 Å². The van der Waals surface area contributed by atoms with E-state index in [4.69, 9.17) is 0 Å². The number of hydrogen-bond donors (Lipinski definition) is 2. The molecule has 2 heterocycles. The first-order valence-corrected chi connectivity index (χ1v) is 14.0. The van der Waals surface area contributed by atoms with E-state index < -0.39 is 17.3 Å². The van der Waals surface area contributed by atoms with Gasteiger partial charge < -0.3 is 15.0 Å². The van der Waals surface area contributed by atoms with Gasteiger partial charge in [0.1, 0.15) is 0 Å². The van der Waals surface area contributed by atoms with Crippen LogP contribution in [0.2, 0.25) is 0 Å². The number of hydrogen-bond acceptors (Lipinski definition) is 5. The van der Waals surface area contributed by atoms with E-state index >= 15 is 0 Å². The van der Waals surface area contributed by atoms with Gasteiger partial charge in [0.15, 0.2) is 15.9 Å². The summed E-state index contributed by atoms with van der Waals surface area (Å²) in [5, 5.41) is 13.1. The number of fused-ring (bicyclic) bond motifs is 1. The molecule has 1 amide bonds. The number of benzene rings is 2. The minimum Gasteiger partial charge on any atom is -0.394 e. The molecular weight excluding hydrogens is 562 g/mol. The first-order valence-electron chi connectivity index (χ1n) is 13.2. The predicted octanol–water partition coefficient (Wildman–Crippen LogP) is 3.37. The third kappa shape index (κ3) is 5.23. The number of aliphatic hydroxyl groups is 1. The van der Waals surface area contributed by atoms with Crippen LogP contribution in [0.1, 0.15) is 54.3 Å². The minimum atomic E-state index is -0.465. The Morgan fingerprint density at radius 1 is 1.03 bits per heavy atom. The van der Waals surface area contributed by atoms with E-state index in [0.29, 0.717) is 22.4 Å². The van der Waals surface area contributed by atoms with Crippen molar-refractivity contribution in [2.24, 2.45) is 20.0 Å². The SMILES string of the molecule is Cn1c(=O)c2c(nc(Br)n2Cc2ccc(C(C(=O)N[C@@H](CO)c3ccccc3)C3CCCC3)cc2)n(C)c1=O. The number of nitrogens with zero attached hydrogens (tertiary/aromatic N) is 4. The summed E-state index contributed by atoms with van der Waals surface area (Å²) in [6.07, 6.45) is 4.19. The number of amides is 1. The van der Waals surface area contributed by atoms with Gasteiger partial charge in [-0.25, -0.2) is 9.78 Å². The topological polar surface area (TPSA) is 111 Å². The van der Waals surface area contributed by atoms with E-state index in [1.807, 2.05) is 54.6 Å². The summed E-state index contributed by atoms with van der Waals surface area (Å²) < 4.78 is 4.65. The van der Waals surface area contributed by atoms with Gasteiger partial charge in [-0.15, -0.1) is 0 Å². The second-order valence-corrected chi connectivity index (χ2v) is 11.0. The van der Waals surface area contributed by atoms with Crippen molar-refractivity contribution in [1.82, 2.24) is 24.0 Å². The molecule has 5 rings (SSSR count). The molecule has 0 aliphatic heterocycles. The van der Waals surface area contributed by atoms with E-state index in [9.17, 15) is 19.5 Å². The van der Waals surface area contributed by atoms with Gasteiger partial charge in [-0.05, 0) is 51.4 Å². The second-order valence-electron chi connectivity index (χ2n) is 10.3. The summed E-state index contributed by atoms with van der Waals surface area (Å²) in [7, 11) is 3.05. The highest BCUT2D eigenvalue weighted by Crippen LogP contribution is 2.38. The Bertz CT molecular complexity index is 1600. The van der Waals surface area contributed by atoms with Crippen LogP contribution in [0.5, 0.6) is 0 Å². The number of aromatic nitrogens is 4. The molecule has 2 atom stereocenters. The molecule has 39 heavy (non-hydrogen) atoms. The highest BCUT2D eigenvalue weighted by atomic mass is 79.9. The van der Waals surface area contributed by atoms with Crippen LogP contribution >= 0.6 is 15.9 Å². The average Bonchev–Trinajstić information content (AvgIpc) is 3.59. The molecule has 1 fully saturated rings. The smallest absolute Gasteiger partial charge is 0.332 e. The first-order chi connectivity index (χ1) is 18.8. The summed E-state index contributed by atoms with van der Waals surface area (Å²) in [6.45, 7) is 0.191. The molecule has 1 aliphatic rings. The summed E-state index contributed by atoms with van der Waals surface area (Å²) >= 11 is 3.45. The number of carbonyl (C=O) groups excluding carboxylic acids is 1. The molecular formula is C29H32BrN5O4. The zero-order valence-corrected chi connectivity index (χ0v) is 23.6. The van der Waals surface area contributed by atoms with Gasteiger partial charge in [0.2, 0.25) is 5.91 Å². The van der Waals surface area contributed by atoms with Crippen LogP contribution in [0.3, 0.4) is 0 Å². The lowest BCUT2D eigenvalue weighted by atomic mass is 9.83. The normalized spacial score (nSPS) is 15.5. The van der Waals surface area contributed by atoms with Crippen molar-refractivity contribution in [2.75, 3.05) is 6.61 Å². The fraction of sp³-hybridized carbons (Fsp3) is 0.379. The zero-order chi connectivity index (χ0) is 27.7. The van der Waals surface area contributed by atoms with Gasteiger partial charge in [0, 0.05) is 14.1 Å². The Hall–Kier alpha value is -3.50. The van der Waals surface area contributed by atoms with Gasteiger partial charge >= 0.3 is 5.69 Å². The van der Waals surface area contributed by atoms with Crippen LogP contribution in [0.15, 0.2) is 68.9 Å². The van der Waals surface area contributed by atoms with Crippen molar-refractivity contribution in [2.45, 2.75) is 44.2 Å². The number of carbonyl (C=O) groups is 1. The molecule has 0 radical (unpaired) electrons. The molecule has 0 saturated heterocycles. The lowest BCUT2D eigenvalue weighted by molar-refractivity contribution is -0.124. The lowest BCUT2D eigenvalue weighted by Gasteiger charge is -2.26. The number of halogens is 1. The maximum absolute atomic E-state index is 13.6. The highest BCUT2D eigenvalue weighted by molar-refractivity contribution is 9.10. The number of imidazole rings is 1. The van der Waals surface area contributed by atoms with Crippen molar-refractivity contribution in [3.8, 4) is 0 Å². The van der Waals surface area contributed by atoms with Crippen molar-refractivity contribution in [3.63, 3.8) is 0 Å². The fourth-order valence-corrected chi connectivity index (χ4v) is 6.16. The van der Waals surface area contributed by atoms with E-state index in [1.165, 1.54) is 11.6 Å². The number of aliphatic hydroxyl groups excluding tert-OH is 1. The van der Waals surface area contributed by atoms with Crippen LogP contribution in [0.4, 0.5) is 0 Å². The summed E-state index contributed by atoms with van der Waals surface area (Å²) in [6, 6.07) is 17.0. The van der Waals surface area contributed by atoms with Gasteiger partial charge in [0.05, 0.1) is 25.1 Å². The van der Waals surface area contributed by atoms with Crippen LogP contribution in [-0.4, -0.2) is 36.3 Å². The molecule has 9 nitrogen and oxygen atoms in total. The average molecular weight is 595 g/mol. The number of nitrogens with one attached hydrogen (secondary N) is 1. The third-order valence-corrected chi connectivity index (χ3v) is 8.44.